The average Bonchev–Trinajstić information content (AvgIpc) is 2.45. The van der Waals surface area contributed by atoms with Crippen molar-refractivity contribution in [1.82, 2.24) is 8.61 Å². The lowest BCUT2D eigenvalue weighted by Gasteiger charge is -2.41. The van der Waals surface area contributed by atoms with Crippen molar-refractivity contribution in [2.75, 3.05) is 26.7 Å². The highest BCUT2D eigenvalue weighted by Gasteiger charge is 2.39. The molecule has 0 radical (unpaired) electrons. The summed E-state index contributed by atoms with van der Waals surface area (Å²) in [6.45, 7) is 6.16. The highest BCUT2D eigenvalue weighted by Crippen LogP contribution is 2.31. The fraction of sp³-hybridized carbons (Fsp3) is 1.00. The van der Waals surface area contributed by atoms with E-state index in [2.05, 4.69) is 13.8 Å². The molecule has 0 amide bonds. The molecule has 1 saturated heterocycles. The molecule has 0 bridgehead atoms. The van der Waals surface area contributed by atoms with Crippen molar-refractivity contribution < 1.29 is 8.42 Å². The Morgan fingerprint density at radius 2 is 1.71 bits per heavy atom. The summed E-state index contributed by atoms with van der Waals surface area (Å²) >= 11 is 0. The van der Waals surface area contributed by atoms with Crippen LogP contribution >= 0.6 is 0 Å². The van der Waals surface area contributed by atoms with Crippen molar-refractivity contribution >= 4 is 10.2 Å². The molecule has 6 heteroatoms. The van der Waals surface area contributed by atoms with Crippen molar-refractivity contribution in [3.05, 3.63) is 0 Å². The maximum absolute atomic E-state index is 12.9. The van der Waals surface area contributed by atoms with Gasteiger partial charge in [-0.1, -0.05) is 26.7 Å². The van der Waals surface area contributed by atoms with Gasteiger partial charge in [-0.2, -0.15) is 17.0 Å². The molecule has 2 aliphatic rings. The van der Waals surface area contributed by atoms with Gasteiger partial charge in [0.25, 0.3) is 10.2 Å². The highest BCUT2D eigenvalue weighted by atomic mass is 32.2. The Balaban J connectivity index is 2.13. The average molecular weight is 317 g/mol. The van der Waals surface area contributed by atoms with Crippen LogP contribution in [0, 0.1) is 17.8 Å². The minimum absolute atomic E-state index is 0.0706. The van der Waals surface area contributed by atoms with Crippen LogP contribution in [0.1, 0.15) is 46.0 Å². The van der Waals surface area contributed by atoms with E-state index in [0.717, 1.165) is 25.7 Å². The second-order valence-corrected chi connectivity index (χ2v) is 9.12. The number of nitrogens with two attached hydrogens (primary N) is 1. The Bertz CT molecular complexity index is 430. The molecular formula is C15H31N3O2S. The molecule has 1 aliphatic carbocycles. The molecule has 4 atom stereocenters. The molecule has 5 nitrogen and oxygen atoms in total. The van der Waals surface area contributed by atoms with Gasteiger partial charge in [-0.25, -0.2) is 0 Å². The molecule has 1 heterocycles. The van der Waals surface area contributed by atoms with Gasteiger partial charge in [-0.15, -0.1) is 0 Å². The Kier molecular flexibility index (Phi) is 5.68. The van der Waals surface area contributed by atoms with Gasteiger partial charge in [0.2, 0.25) is 0 Å². The van der Waals surface area contributed by atoms with Crippen LogP contribution in [0.4, 0.5) is 0 Å². The summed E-state index contributed by atoms with van der Waals surface area (Å²) in [5.74, 6) is 1.18. The molecular weight excluding hydrogens is 286 g/mol. The summed E-state index contributed by atoms with van der Waals surface area (Å²) in [5.41, 5.74) is 5.86. The van der Waals surface area contributed by atoms with Gasteiger partial charge in [0.05, 0.1) is 0 Å². The van der Waals surface area contributed by atoms with E-state index in [4.69, 9.17) is 5.73 Å². The molecule has 0 aromatic carbocycles. The quantitative estimate of drug-likeness (QED) is 0.857. The van der Waals surface area contributed by atoms with E-state index in [1.807, 2.05) is 0 Å². The van der Waals surface area contributed by atoms with Crippen LogP contribution in [0.3, 0.4) is 0 Å². The third kappa shape index (κ3) is 3.78. The summed E-state index contributed by atoms with van der Waals surface area (Å²) in [5, 5.41) is 0. The predicted octanol–water partition coefficient (Wildman–Crippen LogP) is 1.66. The zero-order chi connectivity index (χ0) is 15.6. The SMILES string of the molecule is CC1CC(C)CN(S(=O)(=O)N(C)C2CCCCC2CN)C1. The Morgan fingerprint density at radius 3 is 2.29 bits per heavy atom. The molecule has 0 spiro atoms. The normalized spacial score (nSPS) is 36.0. The number of hydrogen-bond donors (Lipinski definition) is 1. The second-order valence-electron chi connectivity index (χ2n) is 7.13. The number of rotatable bonds is 4. The summed E-state index contributed by atoms with van der Waals surface area (Å²) in [6.07, 6.45) is 5.38. The first kappa shape index (κ1) is 17.2. The Labute approximate surface area is 130 Å². The fourth-order valence-electron chi connectivity index (χ4n) is 4.09. The van der Waals surface area contributed by atoms with E-state index in [0.29, 0.717) is 37.4 Å². The molecule has 1 aliphatic heterocycles. The van der Waals surface area contributed by atoms with Crippen LogP contribution in [0.2, 0.25) is 0 Å². The number of hydrogen-bond acceptors (Lipinski definition) is 3. The van der Waals surface area contributed by atoms with Crippen molar-refractivity contribution in [2.45, 2.75) is 52.0 Å². The third-order valence-electron chi connectivity index (χ3n) is 5.16. The van der Waals surface area contributed by atoms with E-state index >= 15 is 0 Å². The van der Waals surface area contributed by atoms with Crippen LogP contribution in [0.5, 0.6) is 0 Å². The Morgan fingerprint density at radius 1 is 1.14 bits per heavy atom. The predicted molar refractivity (Wildman–Crippen MR) is 86.0 cm³/mol. The fourth-order valence-corrected chi connectivity index (χ4v) is 5.96. The minimum Gasteiger partial charge on any atom is -0.330 e. The monoisotopic (exact) mass is 317 g/mol. The lowest BCUT2D eigenvalue weighted by atomic mass is 9.85. The van der Waals surface area contributed by atoms with Gasteiger partial charge in [-0.3, -0.25) is 0 Å². The number of piperidine rings is 1. The van der Waals surface area contributed by atoms with E-state index in [1.54, 1.807) is 15.7 Å². The van der Waals surface area contributed by atoms with Crippen molar-refractivity contribution in [1.29, 1.82) is 0 Å². The van der Waals surface area contributed by atoms with E-state index in [-0.39, 0.29) is 6.04 Å². The molecule has 0 aromatic rings. The topological polar surface area (TPSA) is 66.6 Å². The largest absolute Gasteiger partial charge is 0.330 e. The molecule has 0 aromatic heterocycles. The van der Waals surface area contributed by atoms with Crippen LogP contribution in [0.25, 0.3) is 0 Å². The van der Waals surface area contributed by atoms with E-state index in [9.17, 15) is 8.42 Å². The lowest BCUT2D eigenvalue weighted by molar-refractivity contribution is 0.172. The number of nitrogens with zero attached hydrogens (tertiary/aromatic N) is 2. The van der Waals surface area contributed by atoms with Crippen molar-refractivity contribution in [2.24, 2.45) is 23.5 Å². The molecule has 2 rings (SSSR count). The van der Waals surface area contributed by atoms with Crippen LogP contribution in [-0.2, 0) is 10.2 Å². The first-order valence-corrected chi connectivity index (χ1v) is 9.69. The molecule has 2 N–H and O–H groups in total. The van der Waals surface area contributed by atoms with Gasteiger partial charge in [0, 0.05) is 26.2 Å². The second kappa shape index (κ2) is 6.94. The molecule has 124 valence electrons. The highest BCUT2D eigenvalue weighted by molar-refractivity contribution is 7.86. The summed E-state index contributed by atoms with van der Waals surface area (Å²) in [6, 6.07) is 0.0706. The van der Waals surface area contributed by atoms with Crippen LogP contribution in [-0.4, -0.2) is 49.8 Å². The first-order chi connectivity index (χ1) is 9.86. The van der Waals surface area contributed by atoms with Crippen molar-refractivity contribution in [3.8, 4) is 0 Å². The van der Waals surface area contributed by atoms with Gasteiger partial charge < -0.3 is 5.73 Å². The van der Waals surface area contributed by atoms with Crippen LogP contribution < -0.4 is 5.73 Å². The maximum Gasteiger partial charge on any atom is 0.282 e. The summed E-state index contributed by atoms with van der Waals surface area (Å²) in [7, 11) is -1.61. The standard InChI is InChI=1S/C15H31N3O2S/c1-12-8-13(2)11-18(10-12)21(19,20)17(3)15-7-5-4-6-14(15)9-16/h12-15H,4-11,16H2,1-3H3. The Hall–Kier alpha value is -0.170. The maximum atomic E-state index is 12.9. The van der Waals surface area contributed by atoms with Gasteiger partial charge in [0.1, 0.15) is 0 Å². The van der Waals surface area contributed by atoms with Gasteiger partial charge in [0.15, 0.2) is 0 Å². The summed E-state index contributed by atoms with van der Waals surface area (Å²) < 4.78 is 29.2. The minimum atomic E-state index is -3.36. The van der Waals surface area contributed by atoms with Gasteiger partial charge in [-0.05, 0) is 43.6 Å². The summed E-state index contributed by atoms with van der Waals surface area (Å²) in [4.78, 5) is 0. The molecule has 21 heavy (non-hydrogen) atoms. The third-order valence-corrected chi connectivity index (χ3v) is 7.11. The molecule has 2 fully saturated rings. The lowest BCUT2D eigenvalue weighted by Crippen LogP contribution is -2.54. The van der Waals surface area contributed by atoms with Crippen molar-refractivity contribution in [3.63, 3.8) is 0 Å². The molecule has 4 unspecified atom stereocenters. The molecule has 1 saturated carbocycles. The smallest absolute Gasteiger partial charge is 0.282 e. The van der Waals surface area contributed by atoms with E-state index in [1.165, 1.54) is 6.42 Å². The zero-order valence-electron chi connectivity index (χ0n) is 13.7. The van der Waals surface area contributed by atoms with E-state index < -0.39 is 10.2 Å². The van der Waals surface area contributed by atoms with Gasteiger partial charge >= 0.3 is 0 Å². The first-order valence-electron chi connectivity index (χ1n) is 8.29. The zero-order valence-corrected chi connectivity index (χ0v) is 14.5. The van der Waals surface area contributed by atoms with Crippen LogP contribution in [0.15, 0.2) is 0 Å².